The van der Waals surface area contributed by atoms with Crippen LogP contribution in [-0.2, 0) is 17.7 Å². The van der Waals surface area contributed by atoms with Gasteiger partial charge in [0.1, 0.15) is 0 Å². The Kier molecular flexibility index (Phi) is 5.13. The van der Waals surface area contributed by atoms with Crippen molar-refractivity contribution in [2.75, 3.05) is 7.11 Å². The Labute approximate surface area is 168 Å². The first-order chi connectivity index (χ1) is 13.6. The van der Waals surface area contributed by atoms with E-state index in [2.05, 4.69) is 39.9 Å². The molecular weight excluding hydrogens is 372 g/mol. The van der Waals surface area contributed by atoms with E-state index in [1.54, 1.807) is 12.1 Å². The van der Waals surface area contributed by atoms with E-state index < -0.39 is 0 Å². The van der Waals surface area contributed by atoms with E-state index >= 15 is 0 Å². The maximum absolute atomic E-state index is 12.1. The number of carbonyl (C=O) groups is 1. The van der Waals surface area contributed by atoms with Gasteiger partial charge < -0.3 is 9.30 Å². The molecule has 0 saturated carbocycles. The summed E-state index contributed by atoms with van der Waals surface area (Å²) in [4.78, 5) is 16.6. The molecule has 1 aromatic heterocycles. The average molecular weight is 391 g/mol. The molecule has 0 spiro atoms. The van der Waals surface area contributed by atoms with Crippen molar-refractivity contribution in [2.24, 2.45) is 0 Å². The molecule has 1 heterocycles. The molecule has 4 rings (SSSR count). The Bertz CT molecular complexity index is 1140. The lowest BCUT2D eigenvalue weighted by atomic mass is 9.99. The zero-order chi connectivity index (χ0) is 19.5. The summed E-state index contributed by atoms with van der Waals surface area (Å²) >= 11 is 6.05. The first-order valence-electron chi connectivity index (χ1n) is 8.98. The molecule has 0 fully saturated rings. The number of benzene rings is 3. The van der Waals surface area contributed by atoms with Crippen LogP contribution in [0.5, 0.6) is 0 Å². The second kappa shape index (κ2) is 7.87. The van der Waals surface area contributed by atoms with Crippen molar-refractivity contribution in [3.05, 3.63) is 100 Å². The fourth-order valence-corrected chi connectivity index (χ4v) is 3.52. The standard InChI is InChI=1S/C23H19ClN2O2/c1-28-23(27)20-13-19(24)9-8-18(20)11-17-7-10-22-21(12-17)25-15-26(22)14-16-5-3-2-4-6-16/h2-10,12-13,15H,11,14H2,1H3. The van der Waals surface area contributed by atoms with E-state index in [1.807, 2.05) is 30.6 Å². The number of methoxy groups -OCH3 is 1. The molecule has 3 aromatic carbocycles. The number of halogens is 1. The van der Waals surface area contributed by atoms with Crippen LogP contribution in [0.1, 0.15) is 27.0 Å². The van der Waals surface area contributed by atoms with E-state index in [0.29, 0.717) is 17.0 Å². The fraction of sp³-hybridized carbons (Fsp3) is 0.130. The quantitative estimate of drug-likeness (QED) is 0.444. The van der Waals surface area contributed by atoms with E-state index in [9.17, 15) is 4.79 Å². The lowest BCUT2D eigenvalue weighted by Gasteiger charge is -2.09. The molecule has 0 aliphatic heterocycles. The van der Waals surface area contributed by atoms with Crippen LogP contribution < -0.4 is 0 Å². The Hall–Kier alpha value is -3.11. The summed E-state index contributed by atoms with van der Waals surface area (Å²) in [5.74, 6) is -0.384. The predicted molar refractivity (Wildman–Crippen MR) is 111 cm³/mol. The highest BCUT2D eigenvalue weighted by atomic mass is 35.5. The highest BCUT2D eigenvalue weighted by molar-refractivity contribution is 6.31. The van der Waals surface area contributed by atoms with Crippen molar-refractivity contribution in [3.63, 3.8) is 0 Å². The summed E-state index contributed by atoms with van der Waals surface area (Å²) in [6.07, 6.45) is 2.46. The third-order valence-electron chi connectivity index (χ3n) is 4.75. The van der Waals surface area contributed by atoms with Gasteiger partial charge in [-0.05, 0) is 47.4 Å². The van der Waals surface area contributed by atoms with Crippen LogP contribution in [0.3, 0.4) is 0 Å². The molecule has 0 N–H and O–H groups in total. The molecule has 140 valence electrons. The number of ether oxygens (including phenoxy) is 1. The first-order valence-corrected chi connectivity index (χ1v) is 9.36. The molecule has 0 bridgehead atoms. The third-order valence-corrected chi connectivity index (χ3v) is 4.99. The monoisotopic (exact) mass is 390 g/mol. The van der Waals surface area contributed by atoms with Crippen LogP contribution in [0.2, 0.25) is 5.02 Å². The van der Waals surface area contributed by atoms with Crippen LogP contribution >= 0.6 is 11.6 Å². The summed E-state index contributed by atoms with van der Waals surface area (Å²) in [5.41, 5.74) is 5.68. The lowest BCUT2D eigenvalue weighted by Crippen LogP contribution is -2.06. The molecule has 5 heteroatoms. The SMILES string of the molecule is COC(=O)c1cc(Cl)ccc1Cc1ccc2c(c1)ncn2Cc1ccccc1. The van der Waals surface area contributed by atoms with Crippen molar-refractivity contribution in [3.8, 4) is 0 Å². The number of nitrogens with zero attached hydrogens (tertiary/aromatic N) is 2. The van der Waals surface area contributed by atoms with Gasteiger partial charge >= 0.3 is 5.97 Å². The van der Waals surface area contributed by atoms with Crippen LogP contribution in [-0.4, -0.2) is 22.6 Å². The van der Waals surface area contributed by atoms with Crippen molar-refractivity contribution < 1.29 is 9.53 Å². The van der Waals surface area contributed by atoms with Crippen LogP contribution in [0.4, 0.5) is 0 Å². The van der Waals surface area contributed by atoms with Crippen molar-refractivity contribution in [2.45, 2.75) is 13.0 Å². The maximum atomic E-state index is 12.1. The highest BCUT2D eigenvalue weighted by Gasteiger charge is 2.13. The normalized spacial score (nSPS) is 10.9. The topological polar surface area (TPSA) is 44.1 Å². The number of carbonyl (C=O) groups excluding carboxylic acids is 1. The molecule has 0 unspecified atom stereocenters. The lowest BCUT2D eigenvalue weighted by molar-refractivity contribution is 0.0599. The number of imidazole rings is 1. The van der Waals surface area contributed by atoms with E-state index in [1.165, 1.54) is 12.7 Å². The summed E-state index contributed by atoms with van der Waals surface area (Å²) in [6, 6.07) is 21.8. The molecule has 0 radical (unpaired) electrons. The second-order valence-electron chi connectivity index (χ2n) is 6.65. The number of aromatic nitrogens is 2. The van der Waals surface area contributed by atoms with Gasteiger partial charge in [0.05, 0.1) is 30.0 Å². The Morgan fingerprint density at radius 2 is 1.86 bits per heavy atom. The molecule has 0 saturated heterocycles. The third kappa shape index (κ3) is 3.78. The van der Waals surface area contributed by atoms with Crippen molar-refractivity contribution in [1.29, 1.82) is 0 Å². The summed E-state index contributed by atoms with van der Waals surface area (Å²) in [7, 11) is 1.37. The Balaban J connectivity index is 1.62. The van der Waals surface area contributed by atoms with Crippen LogP contribution in [0, 0.1) is 0 Å². The Morgan fingerprint density at radius 3 is 2.64 bits per heavy atom. The van der Waals surface area contributed by atoms with Gasteiger partial charge in [0.15, 0.2) is 0 Å². The van der Waals surface area contributed by atoms with Gasteiger partial charge in [0.25, 0.3) is 0 Å². The summed E-state index contributed by atoms with van der Waals surface area (Å²) < 4.78 is 7.02. The largest absolute Gasteiger partial charge is 0.465 e. The molecule has 0 aliphatic carbocycles. The average Bonchev–Trinajstić information content (AvgIpc) is 3.11. The van der Waals surface area contributed by atoms with Crippen molar-refractivity contribution >= 4 is 28.6 Å². The van der Waals surface area contributed by atoms with Gasteiger partial charge in [-0.3, -0.25) is 0 Å². The van der Waals surface area contributed by atoms with Gasteiger partial charge in [-0.25, -0.2) is 9.78 Å². The second-order valence-corrected chi connectivity index (χ2v) is 7.09. The zero-order valence-corrected chi connectivity index (χ0v) is 16.2. The predicted octanol–water partition coefficient (Wildman–Crippen LogP) is 5.12. The maximum Gasteiger partial charge on any atom is 0.338 e. The van der Waals surface area contributed by atoms with Crippen molar-refractivity contribution in [1.82, 2.24) is 9.55 Å². The minimum Gasteiger partial charge on any atom is -0.465 e. The summed E-state index contributed by atoms with van der Waals surface area (Å²) in [5, 5.41) is 0.513. The summed E-state index contributed by atoms with van der Waals surface area (Å²) in [6.45, 7) is 0.778. The van der Waals surface area contributed by atoms with E-state index in [0.717, 1.165) is 28.7 Å². The smallest absolute Gasteiger partial charge is 0.338 e. The Morgan fingerprint density at radius 1 is 1.04 bits per heavy atom. The van der Waals surface area contributed by atoms with Gasteiger partial charge in [-0.2, -0.15) is 0 Å². The van der Waals surface area contributed by atoms with Gasteiger partial charge in [-0.15, -0.1) is 0 Å². The highest BCUT2D eigenvalue weighted by Crippen LogP contribution is 2.23. The van der Waals surface area contributed by atoms with E-state index in [-0.39, 0.29) is 5.97 Å². The van der Waals surface area contributed by atoms with Crippen LogP contribution in [0.25, 0.3) is 11.0 Å². The minimum absolute atomic E-state index is 0.384. The number of fused-ring (bicyclic) bond motifs is 1. The number of hydrogen-bond acceptors (Lipinski definition) is 3. The molecule has 0 aliphatic rings. The van der Waals surface area contributed by atoms with Gasteiger partial charge in [-0.1, -0.05) is 54.1 Å². The zero-order valence-electron chi connectivity index (χ0n) is 15.4. The molecule has 0 atom stereocenters. The van der Waals surface area contributed by atoms with Gasteiger partial charge in [0.2, 0.25) is 0 Å². The first kappa shape index (κ1) is 18.3. The fourth-order valence-electron chi connectivity index (χ4n) is 3.35. The molecule has 4 nitrogen and oxygen atoms in total. The molecule has 28 heavy (non-hydrogen) atoms. The van der Waals surface area contributed by atoms with E-state index in [4.69, 9.17) is 16.3 Å². The number of hydrogen-bond donors (Lipinski definition) is 0. The molecule has 4 aromatic rings. The molecular formula is C23H19ClN2O2. The number of esters is 1. The van der Waals surface area contributed by atoms with Gasteiger partial charge in [0, 0.05) is 11.6 Å². The minimum atomic E-state index is -0.384. The van der Waals surface area contributed by atoms with Crippen LogP contribution in [0.15, 0.2) is 73.1 Å². The molecule has 0 amide bonds. The number of rotatable bonds is 5.